The van der Waals surface area contributed by atoms with E-state index in [4.69, 9.17) is 4.74 Å². The second-order valence-corrected chi connectivity index (χ2v) is 6.18. The molecule has 0 aliphatic rings. The molecule has 0 saturated carbocycles. The normalized spacial score (nSPS) is 10.1. The predicted molar refractivity (Wildman–Crippen MR) is 84.8 cm³/mol. The summed E-state index contributed by atoms with van der Waals surface area (Å²) in [6, 6.07) is 13.4. The van der Waals surface area contributed by atoms with E-state index in [1.807, 2.05) is 30.3 Å². The molecule has 1 aromatic carbocycles. The number of hydrogen-bond donors (Lipinski definition) is 1. The third kappa shape index (κ3) is 5.61. The first-order valence-corrected chi connectivity index (χ1v) is 8.27. The minimum absolute atomic E-state index is 0.243. The van der Waals surface area contributed by atoms with Crippen molar-refractivity contribution in [3.8, 4) is 0 Å². The summed E-state index contributed by atoms with van der Waals surface area (Å²) in [5.41, 5.74) is 0. The summed E-state index contributed by atoms with van der Waals surface area (Å²) in [6.45, 7) is 0.293. The number of carbonyl (C=O) groups excluding carboxylic acids is 2. The lowest BCUT2D eigenvalue weighted by atomic mass is 10.4. The van der Waals surface area contributed by atoms with E-state index in [9.17, 15) is 9.59 Å². The van der Waals surface area contributed by atoms with Crippen LogP contribution in [-0.4, -0.2) is 30.8 Å². The molecule has 0 aliphatic carbocycles. The molecule has 0 unspecified atom stereocenters. The van der Waals surface area contributed by atoms with Gasteiger partial charge in [0, 0.05) is 17.2 Å². The van der Waals surface area contributed by atoms with E-state index in [0.29, 0.717) is 11.4 Å². The fourth-order valence-corrected chi connectivity index (χ4v) is 2.93. The first-order chi connectivity index (χ1) is 10.3. The van der Waals surface area contributed by atoms with Gasteiger partial charge in [0.15, 0.2) is 6.61 Å². The topological polar surface area (TPSA) is 55.4 Å². The molecule has 1 amide bonds. The van der Waals surface area contributed by atoms with Gasteiger partial charge in [-0.1, -0.05) is 24.3 Å². The van der Waals surface area contributed by atoms with Crippen molar-refractivity contribution in [1.82, 2.24) is 5.32 Å². The van der Waals surface area contributed by atoms with E-state index in [2.05, 4.69) is 5.32 Å². The third-order valence-corrected chi connectivity index (χ3v) is 4.36. The van der Waals surface area contributed by atoms with E-state index in [1.165, 1.54) is 11.3 Å². The van der Waals surface area contributed by atoms with E-state index in [1.54, 1.807) is 29.3 Å². The summed E-state index contributed by atoms with van der Waals surface area (Å²) < 4.78 is 4.92. The van der Waals surface area contributed by atoms with Crippen molar-refractivity contribution in [1.29, 1.82) is 0 Å². The van der Waals surface area contributed by atoms with Crippen LogP contribution in [0.4, 0.5) is 0 Å². The molecule has 2 rings (SSSR count). The van der Waals surface area contributed by atoms with Crippen molar-refractivity contribution in [3.05, 3.63) is 52.7 Å². The lowest BCUT2D eigenvalue weighted by molar-refractivity contribution is -0.124. The van der Waals surface area contributed by atoms with Crippen LogP contribution in [0.2, 0.25) is 0 Å². The van der Waals surface area contributed by atoms with Crippen LogP contribution in [0.3, 0.4) is 0 Å². The van der Waals surface area contributed by atoms with Crippen LogP contribution in [0.15, 0.2) is 52.7 Å². The van der Waals surface area contributed by atoms with Gasteiger partial charge in [0.25, 0.3) is 5.91 Å². The van der Waals surface area contributed by atoms with E-state index in [-0.39, 0.29) is 12.5 Å². The molecule has 1 N–H and O–H groups in total. The molecule has 0 bridgehead atoms. The average Bonchev–Trinajstić information content (AvgIpc) is 3.05. The largest absolute Gasteiger partial charge is 0.451 e. The van der Waals surface area contributed by atoms with Gasteiger partial charge < -0.3 is 10.1 Å². The standard InChI is InChI=1S/C15H15NO3S2/c17-14(11-19-15(18)13-7-4-9-21-13)16-8-10-20-12-5-2-1-3-6-12/h1-7,9H,8,10-11H2,(H,16,17). The Morgan fingerprint density at radius 3 is 2.67 bits per heavy atom. The van der Waals surface area contributed by atoms with Gasteiger partial charge in [0.05, 0.1) is 0 Å². The molecule has 0 aliphatic heterocycles. The summed E-state index contributed by atoms with van der Waals surface area (Å²) in [5, 5.41) is 4.51. The monoisotopic (exact) mass is 321 g/mol. The lowest BCUT2D eigenvalue weighted by Gasteiger charge is -2.06. The van der Waals surface area contributed by atoms with Crippen molar-refractivity contribution in [2.75, 3.05) is 18.9 Å². The van der Waals surface area contributed by atoms with Gasteiger partial charge in [-0.3, -0.25) is 4.79 Å². The van der Waals surface area contributed by atoms with E-state index in [0.717, 1.165) is 10.6 Å². The summed E-state index contributed by atoms with van der Waals surface area (Å²) in [4.78, 5) is 24.7. The van der Waals surface area contributed by atoms with Crippen LogP contribution in [-0.2, 0) is 9.53 Å². The molecular formula is C15H15NO3S2. The highest BCUT2D eigenvalue weighted by molar-refractivity contribution is 7.99. The van der Waals surface area contributed by atoms with Crippen molar-refractivity contribution in [2.24, 2.45) is 0 Å². The minimum Gasteiger partial charge on any atom is -0.451 e. The van der Waals surface area contributed by atoms with Gasteiger partial charge in [0.2, 0.25) is 0 Å². The molecule has 0 radical (unpaired) electrons. The Morgan fingerprint density at radius 1 is 1.14 bits per heavy atom. The second kappa shape index (κ2) is 8.49. The maximum atomic E-state index is 11.5. The van der Waals surface area contributed by atoms with E-state index >= 15 is 0 Å². The molecule has 4 nitrogen and oxygen atoms in total. The number of rotatable bonds is 7. The van der Waals surface area contributed by atoms with Gasteiger partial charge in [-0.25, -0.2) is 4.79 Å². The number of benzene rings is 1. The Morgan fingerprint density at radius 2 is 1.95 bits per heavy atom. The van der Waals surface area contributed by atoms with Gasteiger partial charge in [-0.05, 0) is 23.6 Å². The first-order valence-electron chi connectivity index (χ1n) is 6.41. The average molecular weight is 321 g/mol. The number of thiophene rings is 1. The Balaban J connectivity index is 1.59. The van der Waals surface area contributed by atoms with Crippen molar-refractivity contribution < 1.29 is 14.3 Å². The minimum atomic E-state index is -0.459. The molecule has 6 heteroatoms. The Kier molecular flexibility index (Phi) is 6.30. The zero-order valence-electron chi connectivity index (χ0n) is 11.3. The fraction of sp³-hybridized carbons (Fsp3) is 0.200. The number of carbonyl (C=O) groups is 2. The SMILES string of the molecule is O=C(COC(=O)c1cccs1)NCCSc1ccccc1. The van der Waals surface area contributed by atoms with Crippen LogP contribution in [0.5, 0.6) is 0 Å². The van der Waals surface area contributed by atoms with Gasteiger partial charge in [-0.2, -0.15) is 0 Å². The fourth-order valence-electron chi connectivity index (χ4n) is 1.52. The number of thioether (sulfide) groups is 1. The molecule has 0 saturated heterocycles. The van der Waals surface area contributed by atoms with Crippen molar-refractivity contribution in [2.45, 2.75) is 4.90 Å². The summed E-state index contributed by atoms with van der Waals surface area (Å²) in [7, 11) is 0. The molecule has 0 atom stereocenters. The van der Waals surface area contributed by atoms with Gasteiger partial charge in [-0.15, -0.1) is 23.1 Å². The van der Waals surface area contributed by atoms with E-state index < -0.39 is 5.97 Å². The molecule has 110 valence electrons. The Bertz CT molecular complexity index is 570. The maximum absolute atomic E-state index is 11.5. The van der Waals surface area contributed by atoms with Crippen molar-refractivity contribution in [3.63, 3.8) is 0 Å². The second-order valence-electron chi connectivity index (χ2n) is 4.06. The van der Waals surface area contributed by atoms with Crippen molar-refractivity contribution >= 4 is 35.0 Å². The van der Waals surface area contributed by atoms with Crippen LogP contribution < -0.4 is 5.32 Å². The quantitative estimate of drug-likeness (QED) is 0.484. The van der Waals surface area contributed by atoms with Gasteiger partial charge in [0.1, 0.15) is 4.88 Å². The molecule has 21 heavy (non-hydrogen) atoms. The van der Waals surface area contributed by atoms with Gasteiger partial charge >= 0.3 is 5.97 Å². The molecule has 1 heterocycles. The summed E-state index contributed by atoms with van der Waals surface area (Å²) in [6.07, 6.45) is 0. The number of amides is 1. The lowest BCUT2D eigenvalue weighted by Crippen LogP contribution is -2.30. The molecule has 0 spiro atoms. The Labute approximate surface area is 131 Å². The zero-order valence-corrected chi connectivity index (χ0v) is 12.9. The highest BCUT2D eigenvalue weighted by Crippen LogP contribution is 2.15. The first kappa shape index (κ1) is 15.6. The number of nitrogens with one attached hydrogen (secondary N) is 1. The number of hydrogen-bond acceptors (Lipinski definition) is 5. The van der Waals surface area contributed by atoms with Crippen LogP contribution in [0.1, 0.15) is 9.67 Å². The molecule has 0 fully saturated rings. The zero-order chi connectivity index (χ0) is 14.9. The predicted octanol–water partition coefficient (Wildman–Crippen LogP) is 2.81. The Hall–Kier alpha value is -1.79. The molecule has 1 aromatic heterocycles. The highest BCUT2D eigenvalue weighted by Gasteiger charge is 2.10. The van der Waals surface area contributed by atoms with Crippen LogP contribution >= 0.6 is 23.1 Å². The highest BCUT2D eigenvalue weighted by atomic mass is 32.2. The molecule has 2 aromatic rings. The summed E-state index contributed by atoms with van der Waals surface area (Å²) >= 11 is 2.96. The smallest absolute Gasteiger partial charge is 0.348 e. The summed E-state index contributed by atoms with van der Waals surface area (Å²) in [5.74, 6) is 0.0293. The number of ether oxygens (including phenoxy) is 1. The molecular weight excluding hydrogens is 306 g/mol. The van der Waals surface area contributed by atoms with Crippen LogP contribution in [0.25, 0.3) is 0 Å². The third-order valence-electron chi connectivity index (χ3n) is 2.49. The van der Waals surface area contributed by atoms with Crippen LogP contribution in [0, 0.1) is 0 Å². The number of esters is 1. The maximum Gasteiger partial charge on any atom is 0.348 e.